The number of halogens is 3. The van der Waals surface area contributed by atoms with Crippen LogP contribution in [0.15, 0.2) is 0 Å². The Morgan fingerprint density at radius 2 is 2.00 bits per heavy atom. The number of hydrogen-bond acceptors (Lipinski definition) is 4. The number of alkyl halides is 3. The molecule has 1 N–H and O–H groups in total. The van der Waals surface area contributed by atoms with E-state index in [0.717, 1.165) is 19.8 Å². The number of nitrogens with one attached hydrogen (secondary N) is 1. The SMILES string of the molecule is CC(C)N(CCNCCOC(F)(F)F)C1COC1. The van der Waals surface area contributed by atoms with E-state index >= 15 is 0 Å². The Labute approximate surface area is 105 Å². The summed E-state index contributed by atoms with van der Waals surface area (Å²) in [7, 11) is 0. The first-order chi connectivity index (χ1) is 8.40. The van der Waals surface area contributed by atoms with E-state index in [1.54, 1.807) is 0 Å². The van der Waals surface area contributed by atoms with Crippen LogP contribution in [-0.2, 0) is 9.47 Å². The minimum atomic E-state index is -4.53. The summed E-state index contributed by atoms with van der Waals surface area (Å²) in [4.78, 5) is 2.29. The predicted octanol–water partition coefficient (Wildman–Crippen LogP) is 1.22. The average molecular weight is 270 g/mol. The molecule has 0 aliphatic carbocycles. The molecule has 18 heavy (non-hydrogen) atoms. The Morgan fingerprint density at radius 3 is 2.44 bits per heavy atom. The Morgan fingerprint density at radius 1 is 1.33 bits per heavy atom. The molecule has 1 heterocycles. The topological polar surface area (TPSA) is 33.7 Å². The standard InChI is InChI=1S/C11H21F3N2O2/c1-9(2)16(10-7-17-8-10)5-3-15-4-6-18-11(12,13)14/h9-10,15H,3-8H2,1-2H3. The maximum absolute atomic E-state index is 11.7. The van der Waals surface area contributed by atoms with Gasteiger partial charge in [0.1, 0.15) is 0 Å². The molecule has 1 aliphatic rings. The van der Waals surface area contributed by atoms with Gasteiger partial charge in [-0.05, 0) is 13.8 Å². The number of hydrogen-bond donors (Lipinski definition) is 1. The van der Waals surface area contributed by atoms with Crippen LogP contribution in [-0.4, -0.2) is 62.8 Å². The molecule has 4 nitrogen and oxygen atoms in total. The average Bonchev–Trinajstić information content (AvgIpc) is 2.16. The van der Waals surface area contributed by atoms with E-state index in [1.165, 1.54) is 0 Å². The van der Waals surface area contributed by atoms with E-state index in [9.17, 15) is 13.2 Å². The molecule has 7 heteroatoms. The molecule has 0 aromatic heterocycles. The molecule has 0 saturated carbocycles. The van der Waals surface area contributed by atoms with Gasteiger partial charge in [0.15, 0.2) is 0 Å². The van der Waals surface area contributed by atoms with Crippen LogP contribution in [0.25, 0.3) is 0 Å². The normalized spacial score (nSPS) is 17.5. The van der Waals surface area contributed by atoms with Crippen molar-refractivity contribution in [3.8, 4) is 0 Å². The fraction of sp³-hybridized carbons (Fsp3) is 1.00. The zero-order valence-electron chi connectivity index (χ0n) is 10.8. The van der Waals surface area contributed by atoms with Crippen molar-refractivity contribution in [1.82, 2.24) is 10.2 Å². The molecule has 0 unspecified atom stereocenters. The smallest absolute Gasteiger partial charge is 0.378 e. The zero-order chi connectivity index (χ0) is 13.6. The molecule has 1 fully saturated rings. The summed E-state index contributed by atoms with van der Waals surface area (Å²) in [6.07, 6.45) is -4.53. The maximum Gasteiger partial charge on any atom is 0.522 e. The number of rotatable bonds is 8. The van der Waals surface area contributed by atoms with E-state index in [2.05, 4.69) is 28.8 Å². The van der Waals surface area contributed by atoms with Crippen LogP contribution in [0.3, 0.4) is 0 Å². The fourth-order valence-electron chi connectivity index (χ4n) is 1.85. The van der Waals surface area contributed by atoms with Crippen LogP contribution in [0.2, 0.25) is 0 Å². The third kappa shape index (κ3) is 5.99. The molecule has 0 bridgehead atoms. The summed E-state index contributed by atoms with van der Waals surface area (Å²) in [5.41, 5.74) is 0. The molecule has 0 spiro atoms. The van der Waals surface area contributed by atoms with Crippen LogP contribution in [0, 0.1) is 0 Å². The molecule has 0 atom stereocenters. The van der Waals surface area contributed by atoms with Crippen molar-refractivity contribution in [3.63, 3.8) is 0 Å². The van der Waals surface area contributed by atoms with Gasteiger partial charge in [0.25, 0.3) is 0 Å². The molecule has 0 amide bonds. The van der Waals surface area contributed by atoms with E-state index in [-0.39, 0.29) is 13.2 Å². The van der Waals surface area contributed by atoms with Gasteiger partial charge in [0, 0.05) is 25.7 Å². The monoisotopic (exact) mass is 270 g/mol. The maximum atomic E-state index is 11.7. The van der Waals surface area contributed by atoms with Crippen LogP contribution in [0.4, 0.5) is 13.2 Å². The fourth-order valence-corrected chi connectivity index (χ4v) is 1.85. The lowest BCUT2D eigenvalue weighted by Crippen LogP contribution is -2.53. The van der Waals surface area contributed by atoms with Crippen molar-refractivity contribution in [2.45, 2.75) is 32.3 Å². The first-order valence-electron chi connectivity index (χ1n) is 6.15. The van der Waals surface area contributed by atoms with E-state index in [1.807, 2.05) is 0 Å². The Hall–Kier alpha value is -0.370. The van der Waals surface area contributed by atoms with Gasteiger partial charge in [0.2, 0.25) is 0 Å². The van der Waals surface area contributed by atoms with Crippen molar-refractivity contribution in [3.05, 3.63) is 0 Å². The minimum Gasteiger partial charge on any atom is -0.378 e. The van der Waals surface area contributed by atoms with Crippen molar-refractivity contribution in [1.29, 1.82) is 0 Å². The highest BCUT2D eigenvalue weighted by molar-refractivity contribution is 4.80. The Kier molecular flexibility index (Phi) is 6.34. The molecule has 1 aliphatic heterocycles. The van der Waals surface area contributed by atoms with E-state index in [0.29, 0.717) is 18.6 Å². The molecule has 0 aromatic rings. The van der Waals surface area contributed by atoms with Gasteiger partial charge in [-0.3, -0.25) is 9.64 Å². The van der Waals surface area contributed by atoms with E-state index in [4.69, 9.17) is 4.74 Å². The Bertz CT molecular complexity index is 233. The molecule has 1 saturated heterocycles. The molecule has 108 valence electrons. The number of nitrogens with zero attached hydrogens (tertiary/aromatic N) is 1. The van der Waals surface area contributed by atoms with Crippen molar-refractivity contribution in [2.75, 3.05) is 39.5 Å². The van der Waals surface area contributed by atoms with Crippen molar-refractivity contribution >= 4 is 0 Å². The van der Waals surface area contributed by atoms with Crippen LogP contribution >= 0.6 is 0 Å². The molecular weight excluding hydrogens is 249 g/mol. The minimum absolute atomic E-state index is 0.201. The summed E-state index contributed by atoms with van der Waals surface area (Å²) in [6, 6.07) is 0.852. The summed E-state index contributed by atoms with van der Waals surface area (Å²) in [5, 5.41) is 2.94. The second kappa shape index (κ2) is 7.28. The summed E-state index contributed by atoms with van der Waals surface area (Å²) in [6.45, 7) is 7.00. The molecular formula is C11H21F3N2O2. The molecule has 0 radical (unpaired) electrons. The highest BCUT2D eigenvalue weighted by Crippen LogP contribution is 2.15. The lowest BCUT2D eigenvalue weighted by molar-refractivity contribution is -0.323. The first-order valence-corrected chi connectivity index (χ1v) is 6.15. The third-order valence-corrected chi connectivity index (χ3v) is 2.84. The van der Waals surface area contributed by atoms with Crippen LogP contribution < -0.4 is 5.32 Å². The van der Waals surface area contributed by atoms with Gasteiger partial charge in [-0.1, -0.05) is 0 Å². The molecule has 0 aromatic carbocycles. The van der Waals surface area contributed by atoms with Gasteiger partial charge < -0.3 is 10.1 Å². The molecule has 1 rings (SSSR count). The van der Waals surface area contributed by atoms with Crippen molar-refractivity contribution in [2.24, 2.45) is 0 Å². The quantitative estimate of drug-likeness (QED) is 0.672. The van der Waals surface area contributed by atoms with Crippen LogP contribution in [0.5, 0.6) is 0 Å². The number of ether oxygens (including phenoxy) is 2. The highest BCUT2D eigenvalue weighted by Gasteiger charge is 2.29. The van der Waals surface area contributed by atoms with Gasteiger partial charge in [-0.15, -0.1) is 13.2 Å². The third-order valence-electron chi connectivity index (χ3n) is 2.84. The highest BCUT2D eigenvalue weighted by atomic mass is 19.4. The Balaban J connectivity index is 2.05. The van der Waals surface area contributed by atoms with Crippen molar-refractivity contribution < 1.29 is 22.6 Å². The van der Waals surface area contributed by atoms with Gasteiger partial charge in [-0.25, -0.2) is 0 Å². The van der Waals surface area contributed by atoms with Gasteiger partial charge in [0.05, 0.1) is 25.9 Å². The first kappa shape index (κ1) is 15.7. The zero-order valence-corrected chi connectivity index (χ0v) is 10.8. The van der Waals surface area contributed by atoms with Gasteiger partial charge in [-0.2, -0.15) is 0 Å². The van der Waals surface area contributed by atoms with Crippen LogP contribution in [0.1, 0.15) is 13.8 Å². The predicted molar refractivity (Wildman–Crippen MR) is 61.3 cm³/mol. The summed E-state index contributed by atoms with van der Waals surface area (Å²) >= 11 is 0. The lowest BCUT2D eigenvalue weighted by Gasteiger charge is -2.40. The van der Waals surface area contributed by atoms with E-state index < -0.39 is 6.36 Å². The van der Waals surface area contributed by atoms with Gasteiger partial charge >= 0.3 is 6.36 Å². The summed E-state index contributed by atoms with van der Waals surface area (Å²) < 4.78 is 43.9. The lowest BCUT2D eigenvalue weighted by atomic mass is 10.1. The summed E-state index contributed by atoms with van der Waals surface area (Å²) in [5.74, 6) is 0. The largest absolute Gasteiger partial charge is 0.522 e. The second-order valence-corrected chi connectivity index (χ2v) is 4.57. The second-order valence-electron chi connectivity index (χ2n) is 4.57.